The Morgan fingerprint density at radius 1 is 0.902 bits per heavy atom. The van der Waals surface area contributed by atoms with Gasteiger partial charge in [-0.15, -0.1) is 0 Å². The molecular formula is C34H52N4O3. The average molecular weight is 565 g/mol. The Kier molecular flexibility index (Phi) is 13.6. The molecule has 1 aliphatic rings. The van der Waals surface area contributed by atoms with Crippen LogP contribution in [0.1, 0.15) is 64.5 Å². The number of benzene rings is 2. The van der Waals surface area contributed by atoms with Crippen molar-refractivity contribution in [2.45, 2.75) is 78.5 Å². The van der Waals surface area contributed by atoms with Crippen LogP contribution < -0.4 is 15.4 Å². The molecule has 0 aromatic heterocycles. The first kappa shape index (κ1) is 32.6. The van der Waals surface area contributed by atoms with E-state index in [9.17, 15) is 9.59 Å². The van der Waals surface area contributed by atoms with Crippen molar-refractivity contribution in [3.8, 4) is 5.75 Å². The molecule has 3 rings (SSSR count). The maximum absolute atomic E-state index is 13.7. The van der Waals surface area contributed by atoms with E-state index in [0.29, 0.717) is 31.4 Å². The fourth-order valence-corrected chi connectivity index (χ4v) is 5.19. The van der Waals surface area contributed by atoms with E-state index in [0.717, 1.165) is 55.9 Å². The normalized spacial score (nSPS) is 15.3. The second-order valence-electron chi connectivity index (χ2n) is 12.3. The van der Waals surface area contributed by atoms with Crippen molar-refractivity contribution in [2.75, 3.05) is 39.8 Å². The van der Waals surface area contributed by atoms with E-state index in [4.69, 9.17) is 4.74 Å². The van der Waals surface area contributed by atoms with Gasteiger partial charge in [-0.25, -0.2) is 0 Å². The second-order valence-corrected chi connectivity index (χ2v) is 12.3. The van der Waals surface area contributed by atoms with Gasteiger partial charge in [0.2, 0.25) is 11.8 Å². The molecule has 0 radical (unpaired) electrons. The van der Waals surface area contributed by atoms with Gasteiger partial charge in [0.15, 0.2) is 0 Å². The van der Waals surface area contributed by atoms with Gasteiger partial charge in [-0.3, -0.25) is 14.5 Å². The average Bonchev–Trinajstić information content (AvgIpc) is 3.48. The van der Waals surface area contributed by atoms with Gasteiger partial charge in [0, 0.05) is 19.5 Å². The Morgan fingerprint density at radius 2 is 1.59 bits per heavy atom. The summed E-state index contributed by atoms with van der Waals surface area (Å²) in [5, 5.41) is 6.24. The molecule has 0 aliphatic carbocycles. The van der Waals surface area contributed by atoms with Gasteiger partial charge < -0.3 is 20.3 Å². The maximum atomic E-state index is 13.7. The summed E-state index contributed by atoms with van der Waals surface area (Å²) in [6, 6.07) is 17.0. The molecule has 226 valence electrons. The predicted octanol–water partition coefficient (Wildman–Crippen LogP) is 4.90. The summed E-state index contributed by atoms with van der Waals surface area (Å²) in [5.41, 5.74) is 2.09. The molecule has 0 bridgehead atoms. The van der Waals surface area contributed by atoms with Crippen molar-refractivity contribution in [3.05, 3.63) is 65.7 Å². The molecule has 7 nitrogen and oxygen atoms in total. The first-order valence-electron chi connectivity index (χ1n) is 15.5. The number of carbonyl (C=O) groups excluding carboxylic acids is 2. The minimum absolute atomic E-state index is 0.0764. The van der Waals surface area contributed by atoms with E-state index >= 15 is 0 Å². The molecule has 1 saturated heterocycles. The van der Waals surface area contributed by atoms with Gasteiger partial charge in [-0.2, -0.15) is 0 Å². The van der Waals surface area contributed by atoms with Crippen molar-refractivity contribution in [1.82, 2.24) is 20.4 Å². The molecule has 0 spiro atoms. The summed E-state index contributed by atoms with van der Waals surface area (Å²) in [4.78, 5) is 31.6. The van der Waals surface area contributed by atoms with Crippen LogP contribution in [0.4, 0.5) is 0 Å². The van der Waals surface area contributed by atoms with Gasteiger partial charge in [0.1, 0.15) is 18.4 Å². The number of hydrogen-bond donors (Lipinski definition) is 2. The van der Waals surface area contributed by atoms with Crippen LogP contribution in [-0.4, -0.2) is 73.5 Å². The van der Waals surface area contributed by atoms with Crippen LogP contribution >= 0.6 is 0 Å². The van der Waals surface area contributed by atoms with Crippen molar-refractivity contribution >= 4 is 11.8 Å². The third-order valence-electron chi connectivity index (χ3n) is 7.76. The highest BCUT2D eigenvalue weighted by Gasteiger charge is 2.29. The van der Waals surface area contributed by atoms with Gasteiger partial charge >= 0.3 is 0 Å². The third kappa shape index (κ3) is 11.9. The number of hydrogen-bond acceptors (Lipinski definition) is 5. The lowest BCUT2D eigenvalue weighted by molar-refractivity contribution is -0.132. The van der Waals surface area contributed by atoms with Gasteiger partial charge in [0.05, 0.1) is 6.04 Å². The van der Waals surface area contributed by atoms with Crippen molar-refractivity contribution in [2.24, 2.45) is 11.8 Å². The molecule has 2 N–H and O–H groups in total. The quantitative estimate of drug-likeness (QED) is 0.286. The lowest BCUT2D eigenvalue weighted by Gasteiger charge is -2.30. The van der Waals surface area contributed by atoms with E-state index in [1.807, 2.05) is 61.6 Å². The molecule has 1 fully saturated rings. The Balaban J connectivity index is 1.67. The Morgan fingerprint density at radius 3 is 2.22 bits per heavy atom. The third-order valence-corrected chi connectivity index (χ3v) is 7.76. The van der Waals surface area contributed by atoms with Crippen LogP contribution in [0.3, 0.4) is 0 Å². The SMILES string of the molecule is CC(C)CCN(C)[C@H](CC(C)C)C(=O)N[C@@H](Cc1ccc(OCc2ccccc2)cc1)C(=O)NCCN1CCCC1. The fraction of sp³-hybridized carbons (Fsp3) is 0.588. The Bertz CT molecular complexity index is 1040. The van der Waals surface area contributed by atoms with Gasteiger partial charge in [-0.1, -0.05) is 70.2 Å². The lowest BCUT2D eigenvalue weighted by Crippen LogP contribution is -2.54. The lowest BCUT2D eigenvalue weighted by atomic mass is 9.99. The molecule has 1 heterocycles. The van der Waals surface area contributed by atoms with Crippen LogP contribution in [-0.2, 0) is 22.6 Å². The summed E-state index contributed by atoms with van der Waals surface area (Å²) in [6.07, 6.45) is 4.64. The first-order chi connectivity index (χ1) is 19.7. The zero-order chi connectivity index (χ0) is 29.6. The van der Waals surface area contributed by atoms with Crippen LogP contribution in [0, 0.1) is 11.8 Å². The number of amides is 2. The van der Waals surface area contributed by atoms with E-state index in [2.05, 4.69) is 48.1 Å². The number of likely N-dealkylation sites (tertiary alicyclic amines) is 1. The number of nitrogens with zero attached hydrogens (tertiary/aromatic N) is 2. The molecule has 2 aromatic rings. The van der Waals surface area contributed by atoms with Crippen molar-refractivity contribution in [3.63, 3.8) is 0 Å². The molecule has 41 heavy (non-hydrogen) atoms. The molecular weight excluding hydrogens is 512 g/mol. The number of ether oxygens (including phenoxy) is 1. The van der Waals surface area contributed by atoms with Crippen LogP contribution in [0.25, 0.3) is 0 Å². The zero-order valence-electron chi connectivity index (χ0n) is 25.9. The monoisotopic (exact) mass is 564 g/mol. The highest BCUT2D eigenvalue weighted by molar-refractivity contribution is 5.90. The van der Waals surface area contributed by atoms with E-state index < -0.39 is 6.04 Å². The Labute approximate surface area is 248 Å². The molecule has 0 unspecified atom stereocenters. The zero-order valence-corrected chi connectivity index (χ0v) is 25.9. The standard InChI is InChI=1S/C34H52N4O3/c1-26(2)17-21-37(5)32(23-27(3)4)34(40)36-31(33(39)35-18-22-38-19-9-10-20-38)24-28-13-15-30(16-14-28)41-25-29-11-7-6-8-12-29/h6-8,11-16,26-27,31-32H,9-10,17-25H2,1-5H3,(H,35,39)(H,36,40)/t31-,32+/m0/s1. The predicted molar refractivity (Wildman–Crippen MR) is 167 cm³/mol. The van der Waals surface area contributed by atoms with Crippen molar-refractivity contribution < 1.29 is 14.3 Å². The molecule has 2 atom stereocenters. The number of likely N-dealkylation sites (N-methyl/N-ethyl adjacent to an activating group) is 1. The van der Waals surface area contributed by atoms with Gasteiger partial charge in [-0.05, 0) is 87.5 Å². The summed E-state index contributed by atoms with van der Waals surface area (Å²) in [7, 11) is 2.02. The van der Waals surface area contributed by atoms with E-state index in [-0.39, 0.29) is 17.9 Å². The topological polar surface area (TPSA) is 73.9 Å². The first-order valence-corrected chi connectivity index (χ1v) is 15.5. The number of nitrogens with one attached hydrogen (secondary N) is 2. The summed E-state index contributed by atoms with van der Waals surface area (Å²) in [5.74, 6) is 1.50. The van der Waals surface area contributed by atoms with Crippen LogP contribution in [0.5, 0.6) is 5.75 Å². The largest absolute Gasteiger partial charge is 0.489 e. The summed E-state index contributed by atoms with van der Waals surface area (Å²) in [6.45, 7) is 13.6. The minimum atomic E-state index is -0.648. The summed E-state index contributed by atoms with van der Waals surface area (Å²) < 4.78 is 5.94. The summed E-state index contributed by atoms with van der Waals surface area (Å²) >= 11 is 0. The van der Waals surface area contributed by atoms with E-state index in [1.165, 1.54) is 12.8 Å². The Hall–Kier alpha value is -2.90. The van der Waals surface area contributed by atoms with Gasteiger partial charge in [0.25, 0.3) is 0 Å². The minimum Gasteiger partial charge on any atom is -0.489 e. The number of rotatable bonds is 17. The molecule has 2 amide bonds. The maximum Gasteiger partial charge on any atom is 0.242 e. The second kappa shape index (κ2) is 17.1. The van der Waals surface area contributed by atoms with E-state index in [1.54, 1.807) is 0 Å². The molecule has 1 aliphatic heterocycles. The fourth-order valence-electron chi connectivity index (χ4n) is 5.19. The molecule has 7 heteroatoms. The van der Waals surface area contributed by atoms with Crippen molar-refractivity contribution in [1.29, 1.82) is 0 Å². The smallest absolute Gasteiger partial charge is 0.242 e. The highest BCUT2D eigenvalue weighted by atomic mass is 16.5. The van der Waals surface area contributed by atoms with Crippen LogP contribution in [0.2, 0.25) is 0 Å². The molecule has 0 saturated carbocycles. The number of carbonyl (C=O) groups is 2. The molecule has 2 aromatic carbocycles. The highest BCUT2D eigenvalue weighted by Crippen LogP contribution is 2.17. The van der Waals surface area contributed by atoms with Crippen LogP contribution in [0.15, 0.2) is 54.6 Å².